The molecule has 27 heavy (non-hydrogen) atoms. The lowest BCUT2D eigenvalue weighted by Gasteiger charge is -2.32. The molecule has 4 rings (SSSR count). The number of benzene rings is 1. The summed E-state index contributed by atoms with van der Waals surface area (Å²) in [6.07, 6.45) is 1.87. The molecular formula is C20H27ClN4OS. The number of aromatic nitrogens is 1. The molecule has 1 atom stereocenters. The Kier molecular flexibility index (Phi) is 6.87. The molecule has 0 spiro atoms. The van der Waals surface area contributed by atoms with Crippen molar-refractivity contribution >= 4 is 29.7 Å². The van der Waals surface area contributed by atoms with E-state index >= 15 is 0 Å². The molecule has 7 heteroatoms. The molecule has 5 nitrogen and oxygen atoms in total. The van der Waals surface area contributed by atoms with Gasteiger partial charge in [0.25, 0.3) is 5.91 Å². The van der Waals surface area contributed by atoms with Crippen LogP contribution in [0.3, 0.4) is 0 Å². The predicted octanol–water partition coefficient (Wildman–Crippen LogP) is 2.58. The number of rotatable bonds is 4. The number of hydrogen-bond donors (Lipinski definition) is 1. The van der Waals surface area contributed by atoms with Gasteiger partial charge >= 0.3 is 0 Å². The number of carbonyl (C=O) groups excluding carboxylic acids is 1. The van der Waals surface area contributed by atoms with Crippen molar-refractivity contribution in [2.45, 2.75) is 25.8 Å². The van der Waals surface area contributed by atoms with Gasteiger partial charge in [-0.15, -0.1) is 23.7 Å². The quantitative estimate of drug-likeness (QED) is 0.847. The first-order valence-electron chi connectivity index (χ1n) is 9.43. The van der Waals surface area contributed by atoms with Gasteiger partial charge in [0.05, 0.1) is 5.01 Å². The number of amides is 1. The Morgan fingerprint density at radius 3 is 2.70 bits per heavy atom. The summed E-state index contributed by atoms with van der Waals surface area (Å²) < 4.78 is 0. The molecule has 0 radical (unpaired) electrons. The maximum absolute atomic E-state index is 12.8. The number of nitrogens with one attached hydrogen (secondary N) is 1. The molecular weight excluding hydrogens is 380 g/mol. The second kappa shape index (κ2) is 9.15. The largest absolute Gasteiger partial charge is 0.336 e. The molecule has 2 saturated heterocycles. The smallest absolute Gasteiger partial charge is 0.273 e. The van der Waals surface area contributed by atoms with Gasteiger partial charge in [0.1, 0.15) is 5.69 Å². The van der Waals surface area contributed by atoms with E-state index in [0.29, 0.717) is 11.7 Å². The number of nitrogens with zero attached hydrogens (tertiary/aromatic N) is 3. The van der Waals surface area contributed by atoms with E-state index in [1.807, 2.05) is 10.3 Å². The number of carbonyl (C=O) groups is 1. The van der Waals surface area contributed by atoms with E-state index in [1.165, 1.54) is 11.1 Å². The lowest BCUT2D eigenvalue weighted by atomic mass is 10.1. The van der Waals surface area contributed by atoms with Gasteiger partial charge in [-0.3, -0.25) is 9.69 Å². The fourth-order valence-electron chi connectivity index (χ4n) is 3.80. The van der Waals surface area contributed by atoms with E-state index in [9.17, 15) is 4.79 Å². The van der Waals surface area contributed by atoms with Gasteiger partial charge in [0.15, 0.2) is 0 Å². The third-order valence-electron chi connectivity index (χ3n) is 5.37. The molecule has 2 fully saturated rings. The predicted molar refractivity (Wildman–Crippen MR) is 112 cm³/mol. The van der Waals surface area contributed by atoms with Crippen molar-refractivity contribution < 1.29 is 4.79 Å². The monoisotopic (exact) mass is 406 g/mol. The summed E-state index contributed by atoms with van der Waals surface area (Å²) in [6.45, 7) is 8.06. The maximum Gasteiger partial charge on any atom is 0.273 e. The van der Waals surface area contributed by atoms with Crippen LogP contribution in [0.5, 0.6) is 0 Å². The van der Waals surface area contributed by atoms with E-state index in [2.05, 4.69) is 46.4 Å². The second-order valence-electron chi connectivity index (χ2n) is 7.27. The maximum atomic E-state index is 12.8. The molecule has 1 aromatic carbocycles. The van der Waals surface area contributed by atoms with Crippen LogP contribution < -0.4 is 5.32 Å². The number of thiazole rings is 1. The summed E-state index contributed by atoms with van der Waals surface area (Å²) in [5.41, 5.74) is 3.11. The van der Waals surface area contributed by atoms with Crippen LogP contribution >= 0.6 is 23.7 Å². The van der Waals surface area contributed by atoms with Crippen molar-refractivity contribution in [3.8, 4) is 0 Å². The number of likely N-dealkylation sites (tertiary alicyclic amines) is 1. The van der Waals surface area contributed by atoms with Gasteiger partial charge in [0, 0.05) is 57.1 Å². The highest BCUT2D eigenvalue weighted by molar-refractivity contribution is 7.09. The zero-order chi connectivity index (χ0) is 17.9. The number of aryl methyl sites for hydroxylation is 1. The summed E-state index contributed by atoms with van der Waals surface area (Å²) >= 11 is 1.59. The van der Waals surface area contributed by atoms with Gasteiger partial charge in [-0.25, -0.2) is 4.98 Å². The normalized spacial score (nSPS) is 20.5. The fourth-order valence-corrected chi connectivity index (χ4v) is 4.61. The van der Waals surface area contributed by atoms with Crippen LogP contribution in [0.2, 0.25) is 0 Å². The zero-order valence-corrected chi connectivity index (χ0v) is 17.3. The number of halogens is 1. The Labute approximate surface area is 171 Å². The molecule has 2 aromatic rings. The van der Waals surface area contributed by atoms with Gasteiger partial charge in [-0.05, 0) is 18.9 Å². The van der Waals surface area contributed by atoms with Crippen molar-refractivity contribution in [3.05, 3.63) is 51.5 Å². The first-order chi connectivity index (χ1) is 12.7. The Balaban J connectivity index is 0.00000210. The molecule has 1 unspecified atom stereocenters. The molecule has 146 valence electrons. The molecule has 2 aliphatic heterocycles. The highest BCUT2D eigenvalue weighted by atomic mass is 35.5. The summed E-state index contributed by atoms with van der Waals surface area (Å²) in [5, 5.41) is 6.32. The Bertz CT molecular complexity index is 758. The summed E-state index contributed by atoms with van der Waals surface area (Å²) in [4.78, 5) is 21.9. The molecule has 0 saturated carbocycles. The fraction of sp³-hybridized carbons (Fsp3) is 0.500. The highest BCUT2D eigenvalue weighted by Gasteiger charge is 2.32. The zero-order valence-electron chi connectivity index (χ0n) is 15.7. The van der Waals surface area contributed by atoms with Crippen molar-refractivity contribution in [3.63, 3.8) is 0 Å². The minimum atomic E-state index is 0. The van der Waals surface area contributed by atoms with Crippen molar-refractivity contribution in [2.24, 2.45) is 0 Å². The standard InChI is InChI=1S/C20H26N4OS.ClH/c1-15-2-4-16(5-3-15)12-19-22-18(14-26-19)20(25)24-9-6-17(13-24)23-10-7-21-8-11-23;/h2-5,14,17,21H,6-13H2,1H3;1H. The van der Waals surface area contributed by atoms with Gasteiger partial charge in [-0.1, -0.05) is 29.8 Å². The van der Waals surface area contributed by atoms with Gasteiger partial charge in [0.2, 0.25) is 0 Å². The number of hydrogen-bond acceptors (Lipinski definition) is 5. The summed E-state index contributed by atoms with van der Waals surface area (Å²) in [6, 6.07) is 9.02. The molecule has 0 aliphatic carbocycles. The van der Waals surface area contributed by atoms with E-state index in [0.717, 1.165) is 57.1 Å². The van der Waals surface area contributed by atoms with Crippen LogP contribution in [0.25, 0.3) is 0 Å². The van der Waals surface area contributed by atoms with Crippen LogP contribution in [-0.2, 0) is 6.42 Å². The molecule has 1 amide bonds. The van der Waals surface area contributed by atoms with Crippen LogP contribution in [0.1, 0.15) is 33.0 Å². The van der Waals surface area contributed by atoms with E-state index in [4.69, 9.17) is 0 Å². The lowest BCUT2D eigenvalue weighted by molar-refractivity contribution is 0.0768. The SMILES string of the molecule is Cc1ccc(Cc2nc(C(=O)N3CCC(N4CCNCC4)C3)cs2)cc1.Cl. The van der Waals surface area contributed by atoms with Gasteiger partial charge in [-0.2, -0.15) is 0 Å². The number of piperazine rings is 1. The third kappa shape index (κ3) is 4.88. The van der Waals surface area contributed by atoms with Gasteiger partial charge < -0.3 is 10.2 Å². The molecule has 1 N–H and O–H groups in total. The van der Waals surface area contributed by atoms with Crippen LogP contribution in [0, 0.1) is 6.92 Å². The molecule has 1 aromatic heterocycles. The van der Waals surface area contributed by atoms with Crippen molar-refractivity contribution in [2.75, 3.05) is 39.3 Å². The van der Waals surface area contributed by atoms with E-state index in [1.54, 1.807) is 11.3 Å². The minimum Gasteiger partial charge on any atom is -0.336 e. The Morgan fingerprint density at radius 2 is 1.96 bits per heavy atom. The van der Waals surface area contributed by atoms with E-state index < -0.39 is 0 Å². The van der Waals surface area contributed by atoms with Crippen molar-refractivity contribution in [1.29, 1.82) is 0 Å². The first kappa shape index (κ1) is 20.3. The second-order valence-corrected chi connectivity index (χ2v) is 8.21. The highest BCUT2D eigenvalue weighted by Crippen LogP contribution is 2.21. The minimum absolute atomic E-state index is 0. The van der Waals surface area contributed by atoms with Crippen LogP contribution in [-0.4, -0.2) is 66.0 Å². The topological polar surface area (TPSA) is 48.5 Å². The molecule has 2 aliphatic rings. The first-order valence-corrected chi connectivity index (χ1v) is 10.3. The van der Waals surface area contributed by atoms with Crippen molar-refractivity contribution in [1.82, 2.24) is 20.1 Å². The summed E-state index contributed by atoms with van der Waals surface area (Å²) in [7, 11) is 0. The summed E-state index contributed by atoms with van der Waals surface area (Å²) in [5.74, 6) is 0.0917. The average Bonchev–Trinajstić information content (AvgIpc) is 3.34. The Hall–Kier alpha value is -1.47. The Morgan fingerprint density at radius 1 is 1.22 bits per heavy atom. The average molecular weight is 407 g/mol. The van der Waals surface area contributed by atoms with Crippen LogP contribution in [0.15, 0.2) is 29.6 Å². The van der Waals surface area contributed by atoms with E-state index in [-0.39, 0.29) is 18.3 Å². The molecule has 3 heterocycles. The van der Waals surface area contributed by atoms with Crippen LogP contribution in [0.4, 0.5) is 0 Å². The lowest BCUT2D eigenvalue weighted by Crippen LogP contribution is -2.49. The molecule has 0 bridgehead atoms. The third-order valence-corrected chi connectivity index (χ3v) is 6.21.